The molecule has 0 atom stereocenters. The Bertz CT molecular complexity index is 620. The normalized spacial score (nSPS) is 14.4. The number of rotatable bonds is 7. The molecule has 0 aliphatic carbocycles. The van der Waals surface area contributed by atoms with Gasteiger partial charge >= 0.3 is 23.3 Å². The second-order valence-corrected chi connectivity index (χ2v) is 10.6. The maximum absolute atomic E-state index is 12.2. The van der Waals surface area contributed by atoms with E-state index in [0.29, 0.717) is 27.2 Å². The Morgan fingerprint density at radius 3 is 1.32 bits per heavy atom. The Labute approximate surface area is 158 Å². The van der Waals surface area contributed by atoms with Gasteiger partial charge in [0, 0.05) is 0 Å². The van der Waals surface area contributed by atoms with Gasteiger partial charge in [0.25, 0.3) is 0 Å². The number of carbonyl (C=O) groups excluding carboxylic acids is 1. The van der Waals surface area contributed by atoms with Crippen LogP contribution in [0.15, 0.2) is 0 Å². The van der Waals surface area contributed by atoms with Crippen LogP contribution < -0.4 is 0 Å². The van der Waals surface area contributed by atoms with E-state index >= 15 is 0 Å². The number of halogens is 9. The van der Waals surface area contributed by atoms with Gasteiger partial charge in [-0.2, -0.15) is 39.5 Å². The highest BCUT2D eigenvalue weighted by molar-refractivity contribution is 7.98. The van der Waals surface area contributed by atoms with E-state index in [9.17, 15) is 57.3 Å². The molecule has 0 aromatic heterocycles. The molecule has 0 saturated heterocycles. The smallest absolute Gasteiger partial charge is 0.460 e. The van der Waals surface area contributed by atoms with Gasteiger partial charge in [0.15, 0.2) is 21.7 Å². The van der Waals surface area contributed by atoms with Crippen molar-refractivity contribution in [2.45, 2.75) is 68.4 Å². The van der Waals surface area contributed by atoms with Gasteiger partial charge in [-0.3, -0.25) is 4.79 Å². The lowest BCUT2D eigenvalue weighted by molar-refractivity contribution is -0.382. The minimum Gasteiger partial charge on any atom is -0.743 e. The third-order valence-electron chi connectivity index (χ3n) is 3.01. The third-order valence-corrected chi connectivity index (χ3v) is 7.06. The van der Waals surface area contributed by atoms with Crippen molar-refractivity contribution in [2.75, 3.05) is 5.75 Å². The first-order valence-electron chi connectivity index (χ1n) is 7.28. The molecule has 0 heterocycles. The predicted molar refractivity (Wildman–Crippen MR) is 83.8 cm³/mol. The van der Waals surface area contributed by atoms with Crippen molar-refractivity contribution in [1.82, 2.24) is 0 Å². The van der Waals surface area contributed by atoms with E-state index in [1.807, 2.05) is 0 Å². The molecule has 0 N–H and O–H groups in total. The molecule has 15 heteroatoms. The fourth-order valence-electron chi connectivity index (χ4n) is 1.63. The summed E-state index contributed by atoms with van der Waals surface area (Å²) in [6.07, 6.45) is -7.16. The summed E-state index contributed by atoms with van der Waals surface area (Å²) in [6.45, 7) is 10.5. The van der Waals surface area contributed by atoms with Crippen LogP contribution in [-0.2, 0) is 25.8 Å². The first-order valence-corrected chi connectivity index (χ1v) is 10.2. The van der Waals surface area contributed by atoms with Crippen LogP contribution in [0.4, 0.5) is 39.5 Å². The average Bonchev–Trinajstić information content (AvgIpc) is 2.41. The van der Waals surface area contributed by atoms with Gasteiger partial charge in [0.05, 0.1) is 0 Å². The molecule has 0 aliphatic heterocycles. The van der Waals surface area contributed by atoms with E-state index in [0.717, 1.165) is 5.75 Å². The van der Waals surface area contributed by atoms with Crippen molar-refractivity contribution < 1.29 is 57.3 Å². The standard InChI is InChI=1S/C9H19OS.C4HF9O3S/c1-7(2)11(8(3)4)6-9(5)10;5-1(6,3(9,10)11)2(7,8)4(12,13)17(14,15)16/h7-8H,6H2,1-5H3;(H,14,15,16)/q+1;/p-1. The zero-order valence-electron chi connectivity index (χ0n) is 15.2. The predicted octanol–water partition coefficient (Wildman–Crippen LogP) is 3.97. The maximum Gasteiger partial charge on any atom is 0.460 e. The van der Waals surface area contributed by atoms with Crippen LogP contribution in [0.1, 0.15) is 34.6 Å². The molecule has 0 rings (SSSR count). The van der Waals surface area contributed by atoms with Gasteiger partial charge in [0.1, 0.15) is 10.5 Å². The van der Waals surface area contributed by atoms with Crippen molar-refractivity contribution in [3.05, 3.63) is 0 Å². The second-order valence-electron chi connectivity index (χ2n) is 6.03. The monoisotopic (exact) mass is 474 g/mol. The Morgan fingerprint density at radius 2 is 1.18 bits per heavy atom. The summed E-state index contributed by atoms with van der Waals surface area (Å²) in [4.78, 5) is 10.9. The summed E-state index contributed by atoms with van der Waals surface area (Å²) < 4.78 is 135. The number of carbonyl (C=O) groups is 1. The Morgan fingerprint density at radius 1 is 0.857 bits per heavy atom. The van der Waals surface area contributed by atoms with E-state index < -0.39 is 33.4 Å². The Hall–Kier alpha value is -0.700. The molecule has 0 spiro atoms. The summed E-state index contributed by atoms with van der Waals surface area (Å²) in [6, 6.07) is 0. The van der Waals surface area contributed by atoms with Crippen LogP contribution in [-0.4, -0.2) is 58.3 Å². The Balaban J connectivity index is 0. The molecule has 0 radical (unpaired) electrons. The molecular formula is C13H19F9O4S2. The van der Waals surface area contributed by atoms with Gasteiger partial charge < -0.3 is 4.55 Å². The third kappa shape index (κ3) is 6.68. The zero-order chi connectivity index (χ0) is 23.5. The van der Waals surface area contributed by atoms with Gasteiger partial charge in [0.2, 0.25) is 0 Å². The molecule has 0 fully saturated rings. The zero-order valence-corrected chi connectivity index (χ0v) is 16.8. The molecule has 170 valence electrons. The van der Waals surface area contributed by atoms with E-state index in [1.54, 1.807) is 6.92 Å². The largest absolute Gasteiger partial charge is 0.743 e. The van der Waals surface area contributed by atoms with Gasteiger partial charge in [-0.25, -0.2) is 8.42 Å². The highest BCUT2D eigenvalue weighted by Crippen LogP contribution is 2.54. The SMILES string of the molecule is CC(=O)C[S+](C(C)C)C(C)C.O=S(=O)([O-])C(F)(F)C(F)(F)C(F)(F)C(F)(F)F. The molecule has 0 aliphatic rings. The lowest BCUT2D eigenvalue weighted by Crippen LogP contribution is -2.63. The van der Waals surface area contributed by atoms with Crippen molar-refractivity contribution in [3.63, 3.8) is 0 Å². The number of ketones is 1. The van der Waals surface area contributed by atoms with Crippen LogP contribution in [0, 0.1) is 0 Å². The van der Waals surface area contributed by atoms with Gasteiger partial charge in [-0.1, -0.05) is 0 Å². The summed E-state index contributed by atoms with van der Waals surface area (Å²) in [7, 11) is -7.12. The number of alkyl halides is 9. The quantitative estimate of drug-likeness (QED) is 0.318. The molecule has 28 heavy (non-hydrogen) atoms. The first-order chi connectivity index (χ1) is 11.9. The lowest BCUT2D eigenvalue weighted by Gasteiger charge is -2.34. The molecule has 4 nitrogen and oxygen atoms in total. The topological polar surface area (TPSA) is 74.3 Å². The number of Topliss-reactive ketones (excluding diaryl/α,β-unsaturated/α-hetero) is 1. The summed E-state index contributed by atoms with van der Waals surface area (Å²) in [5, 5.41) is -5.81. The Kier molecular flexibility index (Phi) is 9.91. The van der Waals surface area contributed by atoms with Crippen molar-refractivity contribution in [3.8, 4) is 0 Å². The highest BCUT2D eigenvalue weighted by atomic mass is 32.2. The van der Waals surface area contributed by atoms with Gasteiger partial charge in [-0.05, 0) is 45.5 Å². The van der Waals surface area contributed by atoms with Gasteiger partial charge in [-0.15, -0.1) is 0 Å². The number of hydrogen-bond acceptors (Lipinski definition) is 4. The van der Waals surface area contributed by atoms with E-state index in [-0.39, 0.29) is 0 Å². The highest BCUT2D eigenvalue weighted by Gasteiger charge is 2.83. The summed E-state index contributed by atoms with van der Waals surface area (Å²) >= 11 is 0. The molecule has 0 bridgehead atoms. The fraction of sp³-hybridized carbons (Fsp3) is 0.923. The minimum absolute atomic E-state index is 0.292. The average molecular weight is 474 g/mol. The van der Waals surface area contributed by atoms with Crippen molar-refractivity contribution in [2.24, 2.45) is 0 Å². The molecule has 0 unspecified atom stereocenters. The first kappa shape index (κ1) is 29.5. The molecule has 0 saturated carbocycles. The van der Waals surface area contributed by atoms with Crippen LogP contribution >= 0.6 is 0 Å². The summed E-state index contributed by atoms with van der Waals surface area (Å²) in [5.41, 5.74) is 0. The van der Waals surface area contributed by atoms with Crippen molar-refractivity contribution >= 4 is 26.8 Å². The van der Waals surface area contributed by atoms with Crippen LogP contribution in [0.5, 0.6) is 0 Å². The molecular weight excluding hydrogens is 455 g/mol. The van der Waals surface area contributed by atoms with Crippen LogP contribution in [0.3, 0.4) is 0 Å². The summed E-state index contributed by atoms with van der Waals surface area (Å²) in [5.74, 6) is -13.7. The minimum atomic E-state index is -7.43. The molecule has 0 aromatic carbocycles. The molecule has 0 aromatic rings. The second kappa shape index (κ2) is 9.41. The van der Waals surface area contributed by atoms with Crippen LogP contribution in [0.25, 0.3) is 0 Å². The van der Waals surface area contributed by atoms with E-state index in [1.165, 1.54) is 0 Å². The van der Waals surface area contributed by atoms with Crippen LogP contribution in [0.2, 0.25) is 0 Å². The lowest BCUT2D eigenvalue weighted by atomic mass is 10.1. The molecule has 0 amide bonds. The number of hydrogen-bond donors (Lipinski definition) is 0. The van der Waals surface area contributed by atoms with Crippen molar-refractivity contribution in [1.29, 1.82) is 0 Å². The van der Waals surface area contributed by atoms with E-state index in [2.05, 4.69) is 27.7 Å². The van der Waals surface area contributed by atoms with E-state index in [4.69, 9.17) is 0 Å². The maximum atomic E-state index is 12.2. The fourth-order valence-corrected chi connectivity index (χ4v) is 4.30.